The Morgan fingerprint density at radius 1 is 1.26 bits per heavy atom. The van der Waals surface area contributed by atoms with Gasteiger partial charge in [-0.25, -0.2) is 0 Å². The van der Waals surface area contributed by atoms with E-state index < -0.39 is 12.0 Å². The number of carboxylic acid groups (broad SMARTS) is 1. The number of aliphatic carboxylic acids is 1. The van der Waals surface area contributed by atoms with Crippen LogP contribution in [0.25, 0.3) is 0 Å². The molecule has 1 aromatic carbocycles. The van der Waals surface area contributed by atoms with E-state index in [0.717, 1.165) is 25.0 Å². The van der Waals surface area contributed by atoms with Crippen LogP contribution in [0.1, 0.15) is 36.0 Å². The molecular formula is C20H26N2O4S. The standard InChI is InChI=1S/C20H26N2O4S/c1-27-12-7-16(21-17(23)14-5-3-2-4-6-14)18(24)22-10-8-20(9-11-22)13-15(20)19(25)26/h2-6,15-16H,7-13H2,1H3,(H,21,23)(H,25,26). The van der Waals surface area contributed by atoms with E-state index in [2.05, 4.69) is 5.32 Å². The minimum atomic E-state index is -0.720. The zero-order valence-corrected chi connectivity index (χ0v) is 16.3. The molecule has 1 saturated heterocycles. The van der Waals surface area contributed by atoms with E-state index in [9.17, 15) is 19.5 Å². The maximum Gasteiger partial charge on any atom is 0.307 e. The third-order valence-electron chi connectivity index (χ3n) is 5.81. The third kappa shape index (κ3) is 4.46. The van der Waals surface area contributed by atoms with Crippen molar-refractivity contribution in [3.05, 3.63) is 35.9 Å². The summed E-state index contributed by atoms with van der Waals surface area (Å²) >= 11 is 1.64. The lowest BCUT2D eigenvalue weighted by Crippen LogP contribution is -2.51. The first kappa shape index (κ1) is 19.7. The van der Waals surface area contributed by atoms with Crippen molar-refractivity contribution in [3.8, 4) is 0 Å². The minimum absolute atomic E-state index is 0.0595. The molecule has 2 amide bonds. The molecule has 2 atom stereocenters. The monoisotopic (exact) mass is 390 g/mol. The molecule has 146 valence electrons. The van der Waals surface area contributed by atoms with Crippen molar-refractivity contribution >= 4 is 29.5 Å². The number of amides is 2. The SMILES string of the molecule is CSCCC(NC(=O)c1ccccc1)C(=O)N1CCC2(CC1)CC2C(=O)O. The van der Waals surface area contributed by atoms with Gasteiger partial charge >= 0.3 is 5.97 Å². The predicted octanol–water partition coefficient (Wildman–Crippen LogP) is 2.25. The van der Waals surface area contributed by atoms with Gasteiger partial charge in [0.2, 0.25) is 5.91 Å². The fourth-order valence-electron chi connectivity index (χ4n) is 3.97. The number of thioether (sulfide) groups is 1. The van der Waals surface area contributed by atoms with Crippen LogP contribution in [0.2, 0.25) is 0 Å². The number of nitrogens with one attached hydrogen (secondary N) is 1. The van der Waals surface area contributed by atoms with Crippen molar-refractivity contribution in [1.29, 1.82) is 0 Å². The van der Waals surface area contributed by atoms with Gasteiger partial charge in [0, 0.05) is 18.7 Å². The molecule has 0 bridgehead atoms. The second-order valence-electron chi connectivity index (χ2n) is 7.46. The van der Waals surface area contributed by atoms with Crippen LogP contribution in [-0.2, 0) is 9.59 Å². The Morgan fingerprint density at radius 3 is 2.48 bits per heavy atom. The number of nitrogens with zero attached hydrogens (tertiary/aromatic N) is 1. The van der Waals surface area contributed by atoms with Crippen LogP contribution in [0.5, 0.6) is 0 Å². The maximum absolute atomic E-state index is 13.0. The van der Waals surface area contributed by atoms with E-state index in [1.54, 1.807) is 40.9 Å². The molecule has 1 spiro atoms. The molecule has 0 aromatic heterocycles. The first-order chi connectivity index (χ1) is 13.0. The van der Waals surface area contributed by atoms with Crippen LogP contribution in [0, 0.1) is 11.3 Å². The maximum atomic E-state index is 13.0. The number of piperidine rings is 1. The summed E-state index contributed by atoms with van der Waals surface area (Å²) in [4.78, 5) is 38.5. The number of carboxylic acids is 1. The minimum Gasteiger partial charge on any atom is -0.481 e. The summed E-state index contributed by atoms with van der Waals surface area (Å²) < 4.78 is 0. The summed E-state index contributed by atoms with van der Waals surface area (Å²) in [6, 6.07) is 8.36. The number of rotatable bonds is 7. The normalized spacial score (nSPS) is 21.5. The molecule has 2 unspecified atom stereocenters. The first-order valence-corrected chi connectivity index (χ1v) is 10.7. The van der Waals surface area contributed by atoms with Crippen molar-refractivity contribution in [2.24, 2.45) is 11.3 Å². The topological polar surface area (TPSA) is 86.7 Å². The molecule has 2 aliphatic rings. The summed E-state index contributed by atoms with van der Waals surface area (Å²) in [6.45, 7) is 1.14. The van der Waals surface area contributed by atoms with Gasteiger partial charge < -0.3 is 15.3 Å². The molecule has 1 heterocycles. The molecule has 0 radical (unpaired) electrons. The summed E-state index contributed by atoms with van der Waals surface area (Å²) in [7, 11) is 0. The van der Waals surface area contributed by atoms with Crippen LogP contribution in [0.4, 0.5) is 0 Å². The van der Waals surface area contributed by atoms with Crippen molar-refractivity contribution in [2.45, 2.75) is 31.7 Å². The van der Waals surface area contributed by atoms with Crippen LogP contribution >= 0.6 is 11.8 Å². The van der Waals surface area contributed by atoms with Crippen LogP contribution in [0.3, 0.4) is 0 Å². The van der Waals surface area contributed by atoms with Gasteiger partial charge in [0.25, 0.3) is 5.91 Å². The Hall–Kier alpha value is -2.02. The average molecular weight is 391 g/mol. The highest BCUT2D eigenvalue weighted by atomic mass is 32.2. The highest BCUT2D eigenvalue weighted by Gasteiger charge is 2.59. The molecule has 1 aliphatic heterocycles. The molecule has 27 heavy (non-hydrogen) atoms. The molecule has 6 nitrogen and oxygen atoms in total. The highest BCUT2D eigenvalue weighted by Crippen LogP contribution is 2.59. The summed E-state index contributed by atoms with van der Waals surface area (Å²) in [5.74, 6) is -0.486. The van der Waals surface area contributed by atoms with Crippen molar-refractivity contribution in [2.75, 3.05) is 25.1 Å². The number of benzene rings is 1. The number of likely N-dealkylation sites (tertiary alicyclic amines) is 1. The molecule has 1 saturated carbocycles. The second kappa shape index (κ2) is 8.33. The van der Waals surface area contributed by atoms with Gasteiger partial charge in [-0.2, -0.15) is 11.8 Å². The molecule has 3 rings (SSSR count). The zero-order chi connectivity index (χ0) is 19.4. The van der Waals surface area contributed by atoms with E-state index in [1.165, 1.54) is 0 Å². The quantitative estimate of drug-likeness (QED) is 0.746. The average Bonchev–Trinajstić information content (AvgIpc) is 3.39. The van der Waals surface area contributed by atoms with Gasteiger partial charge in [-0.15, -0.1) is 0 Å². The largest absolute Gasteiger partial charge is 0.481 e. The Balaban J connectivity index is 1.60. The van der Waals surface area contributed by atoms with Gasteiger partial charge in [-0.3, -0.25) is 14.4 Å². The van der Waals surface area contributed by atoms with E-state index in [4.69, 9.17) is 0 Å². The Labute approximate surface area is 163 Å². The number of hydrogen-bond donors (Lipinski definition) is 2. The van der Waals surface area contributed by atoms with Crippen LogP contribution in [0.15, 0.2) is 30.3 Å². The fourth-order valence-corrected chi connectivity index (χ4v) is 4.44. The lowest BCUT2D eigenvalue weighted by molar-refractivity contribution is -0.140. The van der Waals surface area contributed by atoms with Crippen molar-refractivity contribution < 1.29 is 19.5 Å². The van der Waals surface area contributed by atoms with Crippen molar-refractivity contribution in [3.63, 3.8) is 0 Å². The smallest absolute Gasteiger partial charge is 0.307 e. The number of carbonyl (C=O) groups is 3. The Kier molecular flexibility index (Phi) is 6.09. The summed E-state index contributed by atoms with van der Waals surface area (Å²) in [5.41, 5.74) is 0.435. The van der Waals surface area contributed by atoms with E-state index in [1.807, 2.05) is 12.3 Å². The molecule has 2 fully saturated rings. The molecule has 1 aromatic rings. The van der Waals surface area contributed by atoms with Gasteiger partial charge in [0.15, 0.2) is 0 Å². The fraction of sp³-hybridized carbons (Fsp3) is 0.550. The van der Waals surface area contributed by atoms with E-state index in [-0.39, 0.29) is 23.1 Å². The van der Waals surface area contributed by atoms with Gasteiger partial charge in [-0.1, -0.05) is 18.2 Å². The predicted molar refractivity (Wildman–Crippen MR) is 105 cm³/mol. The van der Waals surface area contributed by atoms with E-state index in [0.29, 0.717) is 25.1 Å². The zero-order valence-electron chi connectivity index (χ0n) is 15.5. The van der Waals surface area contributed by atoms with E-state index >= 15 is 0 Å². The molecule has 2 N–H and O–H groups in total. The highest BCUT2D eigenvalue weighted by molar-refractivity contribution is 7.98. The van der Waals surface area contributed by atoms with Crippen molar-refractivity contribution in [1.82, 2.24) is 10.2 Å². The number of carbonyl (C=O) groups excluding carboxylic acids is 2. The van der Waals surface area contributed by atoms with Gasteiger partial charge in [-0.05, 0) is 55.2 Å². The van der Waals surface area contributed by atoms with Crippen LogP contribution < -0.4 is 5.32 Å². The Morgan fingerprint density at radius 2 is 1.93 bits per heavy atom. The first-order valence-electron chi connectivity index (χ1n) is 9.33. The lowest BCUT2D eigenvalue weighted by atomic mass is 9.90. The third-order valence-corrected chi connectivity index (χ3v) is 6.45. The van der Waals surface area contributed by atoms with Gasteiger partial charge in [0.05, 0.1) is 5.92 Å². The van der Waals surface area contributed by atoms with Gasteiger partial charge in [0.1, 0.15) is 6.04 Å². The number of hydrogen-bond acceptors (Lipinski definition) is 4. The lowest BCUT2D eigenvalue weighted by Gasteiger charge is -2.35. The summed E-state index contributed by atoms with van der Waals surface area (Å²) in [6.07, 6.45) is 4.75. The molecule has 1 aliphatic carbocycles. The second-order valence-corrected chi connectivity index (χ2v) is 8.44. The van der Waals surface area contributed by atoms with Crippen LogP contribution in [-0.4, -0.2) is 58.9 Å². The summed E-state index contributed by atoms with van der Waals surface area (Å²) in [5, 5.41) is 12.1. The molecule has 7 heteroatoms. The Bertz CT molecular complexity index is 701. The molecular weight excluding hydrogens is 364 g/mol.